The van der Waals surface area contributed by atoms with Gasteiger partial charge in [-0.05, 0) is 54.8 Å². The van der Waals surface area contributed by atoms with E-state index in [-0.39, 0.29) is 61.1 Å². The van der Waals surface area contributed by atoms with E-state index in [4.69, 9.17) is 14.3 Å². The van der Waals surface area contributed by atoms with E-state index in [9.17, 15) is 27.2 Å². The topological polar surface area (TPSA) is 115 Å². The number of benzene rings is 2. The number of nitrogens with one attached hydrogen (secondary N) is 1. The first-order valence-corrected chi connectivity index (χ1v) is 11.9. The summed E-state index contributed by atoms with van der Waals surface area (Å²) >= 11 is 0. The number of carboxylic acid groups (broad SMARTS) is 1. The van der Waals surface area contributed by atoms with Gasteiger partial charge in [0.25, 0.3) is 5.89 Å². The minimum Gasteiger partial charge on any atom is -0.481 e. The molecule has 3 rings (SSSR count). The third kappa shape index (κ3) is 7.77. The molecule has 0 aliphatic heterocycles. The van der Waals surface area contributed by atoms with Gasteiger partial charge in [-0.25, -0.2) is 4.39 Å². The number of anilines is 1. The van der Waals surface area contributed by atoms with Crippen molar-refractivity contribution in [2.75, 3.05) is 11.9 Å². The highest BCUT2D eigenvalue weighted by molar-refractivity contribution is 5.96. The van der Waals surface area contributed by atoms with E-state index in [1.807, 2.05) is 13.8 Å². The second-order valence-corrected chi connectivity index (χ2v) is 8.76. The number of hydrogen-bond acceptors (Lipinski definition) is 7. The standard InChI is InChI=1S/C26H27F4N3O5/c1-3-15(2)21(31-18-10-7-16(8-11-18)22(34)5-4-6-23(35)36)14-37-25-33-32-24(38-25)19-12-9-17(13-20(19)27)26(28,29)30/h7-13,15,21,31H,3-6,14H2,1-2H3,(H,35,36)/t15-,21+/m0/s1. The van der Waals surface area contributed by atoms with Crippen LogP contribution < -0.4 is 10.1 Å². The van der Waals surface area contributed by atoms with E-state index < -0.39 is 23.5 Å². The van der Waals surface area contributed by atoms with Crippen LogP contribution in [0.3, 0.4) is 0 Å². The van der Waals surface area contributed by atoms with Gasteiger partial charge < -0.3 is 19.6 Å². The molecule has 0 radical (unpaired) electrons. The van der Waals surface area contributed by atoms with Crippen molar-refractivity contribution in [1.82, 2.24) is 10.2 Å². The first-order chi connectivity index (χ1) is 18.0. The van der Waals surface area contributed by atoms with Crippen molar-refractivity contribution in [2.24, 2.45) is 5.92 Å². The number of nitrogens with zero attached hydrogens (tertiary/aromatic N) is 2. The van der Waals surface area contributed by atoms with Crippen molar-refractivity contribution in [3.8, 4) is 17.5 Å². The fourth-order valence-electron chi connectivity index (χ4n) is 3.55. The molecule has 2 aromatic carbocycles. The molecule has 0 saturated carbocycles. The molecule has 8 nitrogen and oxygen atoms in total. The minimum atomic E-state index is -4.68. The summed E-state index contributed by atoms with van der Waals surface area (Å²) < 4.78 is 63.5. The van der Waals surface area contributed by atoms with Gasteiger partial charge in [0.1, 0.15) is 12.4 Å². The van der Waals surface area contributed by atoms with Gasteiger partial charge in [0.05, 0.1) is 17.2 Å². The Balaban J connectivity index is 1.62. The third-order valence-electron chi connectivity index (χ3n) is 6.00. The van der Waals surface area contributed by atoms with Crippen LogP contribution in [-0.4, -0.2) is 39.7 Å². The van der Waals surface area contributed by atoms with Gasteiger partial charge in [-0.1, -0.05) is 25.4 Å². The monoisotopic (exact) mass is 537 g/mol. The predicted molar refractivity (Wildman–Crippen MR) is 129 cm³/mol. The minimum absolute atomic E-state index is 0.0667. The Morgan fingerprint density at radius 1 is 1.11 bits per heavy atom. The normalized spacial score (nSPS) is 13.1. The van der Waals surface area contributed by atoms with Crippen molar-refractivity contribution in [3.05, 3.63) is 59.4 Å². The molecule has 204 valence electrons. The fourth-order valence-corrected chi connectivity index (χ4v) is 3.55. The quantitative estimate of drug-likeness (QED) is 0.195. The molecular formula is C26H27F4N3O5. The van der Waals surface area contributed by atoms with Crippen LogP contribution in [0.1, 0.15) is 55.5 Å². The smallest absolute Gasteiger partial charge is 0.416 e. The van der Waals surface area contributed by atoms with Crippen molar-refractivity contribution >= 4 is 17.4 Å². The summed E-state index contributed by atoms with van der Waals surface area (Å²) in [5, 5.41) is 19.4. The predicted octanol–water partition coefficient (Wildman–Crippen LogP) is 6.24. The molecule has 0 bridgehead atoms. The lowest BCUT2D eigenvalue weighted by atomic mass is 9.99. The number of aliphatic carboxylic acids is 1. The molecular weight excluding hydrogens is 510 g/mol. The van der Waals surface area contributed by atoms with Gasteiger partial charge in [0, 0.05) is 24.1 Å². The van der Waals surface area contributed by atoms with Gasteiger partial charge in [-0.15, -0.1) is 5.10 Å². The zero-order valence-corrected chi connectivity index (χ0v) is 20.7. The first-order valence-electron chi connectivity index (χ1n) is 11.9. The lowest BCUT2D eigenvalue weighted by Gasteiger charge is -2.24. The lowest BCUT2D eigenvalue weighted by molar-refractivity contribution is -0.138. The highest BCUT2D eigenvalue weighted by Gasteiger charge is 2.31. The molecule has 1 heterocycles. The summed E-state index contributed by atoms with van der Waals surface area (Å²) in [7, 11) is 0. The molecule has 0 aliphatic carbocycles. The largest absolute Gasteiger partial charge is 0.481 e. The lowest BCUT2D eigenvalue weighted by Crippen LogP contribution is -2.33. The summed E-state index contributed by atoms with van der Waals surface area (Å²) in [6.45, 7) is 4.08. The summed E-state index contributed by atoms with van der Waals surface area (Å²) in [5.74, 6) is -2.43. The van der Waals surface area contributed by atoms with Gasteiger partial charge in [0.2, 0.25) is 0 Å². The van der Waals surface area contributed by atoms with E-state index in [2.05, 4.69) is 15.5 Å². The molecule has 3 aromatic rings. The molecule has 38 heavy (non-hydrogen) atoms. The number of alkyl halides is 3. The maximum Gasteiger partial charge on any atom is 0.416 e. The van der Waals surface area contributed by atoms with Crippen LogP contribution in [0.15, 0.2) is 46.9 Å². The number of aromatic nitrogens is 2. The van der Waals surface area contributed by atoms with Crippen molar-refractivity contribution in [3.63, 3.8) is 0 Å². The molecule has 0 fully saturated rings. The molecule has 0 unspecified atom stereocenters. The number of hydrogen-bond donors (Lipinski definition) is 2. The highest BCUT2D eigenvalue weighted by atomic mass is 19.4. The summed E-state index contributed by atoms with van der Waals surface area (Å²) in [4.78, 5) is 22.8. The van der Waals surface area contributed by atoms with Crippen LogP contribution in [-0.2, 0) is 11.0 Å². The zero-order valence-electron chi connectivity index (χ0n) is 20.7. The molecule has 2 atom stereocenters. The maximum atomic E-state index is 14.2. The maximum absolute atomic E-state index is 14.2. The fraction of sp³-hybridized carbons (Fsp3) is 0.385. The number of carboxylic acids is 1. The van der Waals surface area contributed by atoms with E-state index in [1.54, 1.807) is 24.3 Å². The molecule has 1 aromatic heterocycles. The van der Waals surface area contributed by atoms with Gasteiger partial charge in [-0.2, -0.15) is 13.2 Å². The van der Waals surface area contributed by atoms with E-state index >= 15 is 0 Å². The number of carbonyl (C=O) groups excluding carboxylic acids is 1. The van der Waals surface area contributed by atoms with Crippen LogP contribution in [0.25, 0.3) is 11.5 Å². The molecule has 0 amide bonds. The van der Waals surface area contributed by atoms with Crippen LogP contribution in [0, 0.1) is 11.7 Å². The van der Waals surface area contributed by atoms with E-state index in [1.165, 1.54) is 0 Å². The molecule has 0 aliphatic rings. The Morgan fingerprint density at radius 2 is 1.82 bits per heavy atom. The SMILES string of the molecule is CC[C@H](C)[C@@H](COc1nnc(-c2ccc(C(F)(F)F)cc2F)o1)Nc1ccc(C(=O)CCCC(=O)O)cc1. The Bertz CT molecular complexity index is 1240. The average Bonchev–Trinajstić information content (AvgIpc) is 3.34. The molecule has 0 saturated heterocycles. The third-order valence-corrected chi connectivity index (χ3v) is 6.00. The van der Waals surface area contributed by atoms with Crippen LogP contribution in [0.2, 0.25) is 0 Å². The number of carbonyl (C=O) groups is 2. The van der Waals surface area contributed by atoms with Crippen LogP contribution in [0.4, 0.5) is 23.2 Å². The average molecular weight is 538 g/mol. The highest BCUT2D eigenvalue weighted by Crippen LogP contribution is 2.33. The second-order valence-electron chi connectivity index (χ2n) is 8.76. The Kier molecular flexibility index (Phi) is 9.43. The number of Topliss-reactive ketones (excluding diaryl/α,β-unsaturated/α-hetero) is 1. The van der Waals surface area contributed by atoms with Crippen LogP contribution >= 0.6 is 0 Å². The Morgan fingerprint density at radius 3 is 2.42 bits per heavy atom. The Hall–Kier alpha value is -3.96. The molecule has 2 N–H and O–H groups in total. The van der Waals surface area contributed by atoms with Crippen molar-refractivity contribution in [1.29, 1.82) is 0 Å². The number of halogens is 4. The van der Waals surface area contributed by atoms with Crippen molar-refractivity contribution in [2.45, 2.75) is 51.7 Å². The van der Waals surface area contributed by atoms with E-state index in [0.717, 1.165) is 24.2 Å². The number of ether oxygens (including phenoxy) is 1. The second kappa shape index (κ2) is 12.5. The molecule has 12 heteroatoms. The Labute approximate surface area is 216 Å². The van der Waals surface area contributed by atoms with Gasteiger partial charge in [0.15, 0.2) is 5.78 Å². The van der Waals surface area contributed by atoms with Crippen molar-refractivity contribution < 1.29 is 41.4 Å². The zero-order chi connectivity index (χ0) is 27.9. The van der Waals surface area contributed by atoms with Crippen LogP contribution in [0.5, 0.6) is 6.08 Å². The summed E-state index contributed by atoms with van der Waals surface area (Å²) in [6, 6.07) is 8.55. The number of ketones is 1. The van der Waals surface area contributed by atoms with Gasteiger partial charge in [-0.3, -0.25) is 9.59 Å². The molecule has 0 spiro atoms. The number of rotatable bonds is 13. The summed E-state index contributed by atoms with van der Waals surface area (Å²) in [5.41, 5.74) is -0.215. The first kappa shape index (κ1) is 28.6. The summed E-state index contributed by atoms with van der Waals surface area (Å²) in [6.07, 6.45) is -3.81. The van der Waals surface area contributed by atoms with Gasteiger partial charge >= 0.3 is 18.2 Å². The van der Waals surface area contributed by atoms with E-state index in [0.29, 0.717) is 11.6 Å².